The van der Waals surface area contributed by atoms with Gasteiger partial charge in [-0.05, 0) is 38.9 Å². The summed E-state index contributed by atoms with van der Waals surface area (Å²) in [5.74, 6) is 0.0452. The Labute approximate surface area is 122 Å². The van der Waals surface area contributed by atoms with E-state index in [0.717, 1.165) is 39.1 Å². The molecule has 1 heterocycles. The van der Waals surface area contributed by atoms with E-state index in [0.29, 0.717) is 6.54 Å². The Bertz CT molecular complexity index is 363. The smallest absolute Gasteiger partial charge is 0.235 e. The van der Waals surface area contributed by atoms with Gasteiger partial charge in [0, 0.05) is 13.1 Å². The van der Waals surface area contributed by atoms with Crippen molar-refractivity contribution in [3.8, 4) is 6.07 Å². The summed E-state index contributed by atoms with van der Waals surface area (Å²) in [5, 5.41) is 12.1. The van der Waals surface area contributed by atoms with Crippen molar-refractivity contribution in [3.05, 3.63) is 0 Å². The molecule has 0 aromatic rings. The van der Waals surface area contributed by atoms with E-state index in [9.17, 15) is 10.1 Å². The summed E-state index contributed by atoms with van der Waals surface area (Å²) in [6.45, 7) is 13.3. The van der Waals surface area contributed by atoms with E-state index in [2.05, 4.69) is 28.1 Å². The molecule has 1 aliphatic heterocycles. The Morgan fingerprint density at radius 2 is 1.90 bits per heavy atom. The van der Waals surface area contributed by atoms with Crippen LogP contribution in [0.15, 0.2) is 0 Å². The number of hydrogen-bond donors (Lipinski definition) is 1. The van der Waals surface area contributed by atoms with Crippen LogP contribution in [0.2, 0.25) is 0 Å². The fourth-order valence-electron chi connectivity index (χ4n) is 2.33. The quantitative estimate of drug-likeness (QED) is 0.818. The number of nitrogens with one attached hydrogen (secondary N) is 1. The zero-order chi connectivity index (χ0) is 15.2. The summed E-state index contributed by atoms with van der Waals surface area (Å²) in [6, 6.07) is 2.22. The molecule has 20 heavy (non-hydrogen) atoms. The molecule has 1 aliphatic rings. The first-order valence-corrected chi connectivity index (χ1v) is 7.58. The zero-order valence-electron chi connectivity index (χ0n) is 13.3. The van der Waals surface area contributed by atoms with Gasteiger partial charge in [0.25, 0.3) is 0 Å². The molecule has 0 spiro atoms. The molecule has 0 aromatic heterocycles. The lowest BCUT2D eigenvalue weighted by molar-refractivity contribution is -0.123. The Hall–Kier alpha value is -1.12. The predicted molar refractivity (Wildman–Crippen MR) is 80.2 cm³/mol. The fraction of sp³-hybridized carbons (Fsp3) is 0.867. The maximum atomic E-state index is 12.1. The van der Waals surface area contributed by atoms with Gasteiger partial charge in [0.05, 0.1) is 12.6 Å². The number of amides is 1. The van der Waals surface area contributed by atoms with Crippen molar-refractivity contribution in [2.75, 3.05) is 39.3 Å². The molecular weight excluding hydrogens is 252 g/mol. The van der Waals surface area contributed by atoms with Crippen LogP contribution < -0.4 is 5.32 Å². The molecule has 0 aliphatic carbocycles. The largest absolute Gasteiger partial charge is 0.337 e. The molecule has 1 saturated heterocycles. The van der Waals surface area contributed by atoms with Crippen molar-refractivity contribution in [1.29, 1.82) is 5.26 Å². The van der Waals surface area contributed by atoms with Crippen LogP contribution in [0.5, 0.6) is 0 Å². The molecule has 1 unspecified atom stereocenters. The SMILES string of the molecule is CCN1CCCN(CC(=O)NC(C)(C#N)C(C)C)CC1. The standard InChI is InChI=1S/C15H28N4O/c1-5-18-7-6-8-19(10-9-18)11-14(20)17-15(4,12-16)13(2)3/h13H,5-11H2,1-4H3,(H,17,20). The first kappa shape index (κ1) is 16.9. The topological polar surface area (TPSA) is 59.4 Å². The number of carbonyl (C=O) groups excluding carboxylic acids is 1. The number of likely N-dealkylation sites (N-methyl/N-ethyl adjacent to an activating group) is 1. The number of carbonyl (C=O) groups is 1. The molecule has 1 N–H and O–H groups in total. The molecule has 0 bridgehead atoms. The lowest BCUT2D eigenvalue weighted by Crippen LogP contribution is -2.52. The first-order valence-electron chi connectivity index (χ1n) is 7.58. The van der Waals surface area contributed by atoms with E-state index in [1.807, 2.05) is 13.8 Å². The second kappa shape index (κ2) is 7.61. The van der Waals surface area contributed by atoms with E-state index >= 15 is 0 Å². The number of nitrogens with zero attached hydrogens (tertiary/aromatic N) is 3. The van der Waals surface area contributed by atoms with Gasteiger partial charge >= 0.3 is 0 Å². The molecule has 1 amide bonds. The highest BCUT2D eigenvalue weighted by atomic mass is 16.2. The van der Waals surface area contributed by atoms with Crippen LogP contribution in [0.3, 0.4) is 0 Å². The van der Waals surface area contributed by atoms with Crippen LogP contribution in [-0.4, -0.2) is 60.5 Å². The molecule has 1 fully saturated rings. The van der Waals surface area contributed by atoms with Crippen LogP contribution >= 0.6 is 0 Å². The molecule has 0 aromatic carbocycles. The summed E-state index contributed by atoms with van der Waals surface area (Å²) in [6.07, 6.45) is 1.10. The third kappa shape index (κ3) is 4.77. The number of hydrogen-bond acceptors (Lipinski definition) is 4. The molecule has 1 atom stereocenters. The minimum atomic E-state index is -0.779. The predicted octanol–water partition coefficient (Wildman–Crippen LogP) is 1.07. The van der Waals surface area contributed by atoms with Gasteiger partial charge in [-0.25, -0.2) is 0 Å². The van der Waals surface area contributed by atoms with E-state index in [1.54, 1.807) is 6.92 Å². The molecule has 1 rings (SSSR count). The molecule has 114 valence electrons. The normalized spacial score (nSPS) is 21.0. The summed E-state index contributed by atoms with van der Waals surface area (Å²) >= 11 is 0. The van der Waals surface area contributed by atoms with Gasteiger partial charge in [0.1, 0.15) is 5.54 Å². The molecule has 0 saturated carbocycles. The fourth-order valence-corrected chi connectivity index (χ4v) is 2.33. The van der Waals surface area contributed by atoms with Gasteiger partial charge in [-0.3, -0.25) is 9.69 Å². The first-order chi connectivity index (χ1) is 9.41. The maximum absolute atomic E-state index is 12.1. The highest BCUT2D eigenvalue weighted by Crippen LogP contribution is 2.15. The van der Waals surface area contributed by atoms with Crippen molar-refractivity contribution in [2.24, 2.45) is 5.92 Å². The van der Waals surface area contributed by atoms with Crippen LogP contribution in [0, 0.1) is 17.2 Å². The van der Waals surface area contributed by atoms with Crippen molar-refractivity contribution in [2.45, 2.75) is 39.7 Å². The Morgan fingerprint density at radius 3 is 2.45 bits per heavy atom. The Morgan fingerprint density at radius 1 is 1.30 bits per heavy atom. The molecule has 0 radical (unpaired) electrons. The highest BCUT2D eigenvalue weighted by molar-refractivity contribution is 5.79. The van der Waals surface area contributed by atoms with Gasteiger partial charge in [0.15, 0.2) is 0 Å². The molecule has 5 heteroatoms. The van der Waals surface area contributed by atoms with Crippen molar-refractivity contribution in [3.63, 3.8) is 0 Å². The number of rotatable bonds is 5. The average Bonchev–Trinajstić information content (AvgIpc) is 2.63. The van der Waals surface area contributed by atoms with Crippen LogP contribution in [0.1, 0.15) is 34.1 Å². The molecule has 5 nitrogen and oxygen atoms in total. The van der Waals surface area contributed by atoms with Gasteiger partial charge in [-0.15, -0.1) is 0 Å². The van der Waals surface area contributed by atoms with Gasteiger partial charge in [0.2, 0.25) is 5.91 Å². The lowest BCUT2D eigenvalue weighted by Gasteiger charge is -2.29. The Kier molecular flexibility index (Phi) is 6.44. The van der Waals surface area contributed by atoms with Crippen LogP contribution in [0.4, 0.5) is 0 Å². The van der Waals surface area contributed by atoms with Crippen LogP contribution in [-0.2, 0) is 4.79 Å². The van der Waals surface area contributed by atoms with E-state index in [4.69, 9.17) is 0 Å². The van der Waals surface area contributed by atoms with Crippen molar-refractivity contribution < 1.29 is 4.79 Å². The van der Waals surface area contributed by atoms with E-state index in [1.165, 1.54) is 0 Å². The summed E-state index contributed by atoms with van der Waals surface area (Å²) in [5.41, 5.74) is -0.779. The monoisotopic (exact) mass is 280 g/mol. The summed E-state index contributed by atoms with van der Waals surface area (Å²) in [4.78, 5) is 16.7. The van der Waals surface area contributed by atoms with Gasteiger partial charge in [-0.2, -0.15) is 5.26 Å². The maximum Gasteiger partial charge on any atom is 0.235 e. The zero-order valence-corrected chi connectivity index (χ0v) is 13.3. The second-order valence-corrected chi connectivity index (χ2v) is 6.08. The third-order valence-corrected chi connectivity index (χ3v) is 4.28. The van der Waals surface area contributed by atoms with Crippen LogP contribution in [0.25, 0.3) is 0 Å². The Balaban J connectivity index is 2.48. The summed E-state index contributed by atoms with van der Waals surface area (Å²) < 4.78 is 0. The molecular formula is C15H28N4O. The number of nitriles is 1. The third-order valence-electron chi connectivity index (χ3n) is 4.28. The minimum absolute atomic E-state index is 0.0484. The minimum Gasteiger partial charge on any atom is -0.337 e. The highest BCUT2D eigenvalue weighted by Gasteiger charge is 2.30. The summed E-state index contributed by atoms with van der Waals surface area (Å²) in [7, 11) is 0. The van der Waals surface area contributed by atoms with E-state index < -0.39 is 5.54 Å². The average molecular weight is 280 g/mol. The van der Waals surface area contributed by atoms with Crippen molar-refractivity contribution >= 4 is 5.91 Å². The van der Waals surface area contributed by atoms with E-state index in [-0.39, 0.29) is 11.8 Å². The second-order valence-electron chi connectivity index (χ2n) is 6.08. The van der Waals surface area contributed by atoms with Gasteiger partial charge in [-0.1, -0.05) is 20.8 Å². The van der Waals surface area contributed by atoms with Crippen molar-refractivity contribution in [1.82, 2.24) is 15.1 Å². The lowest BCUT2D eigenvalue weighted by atomic mass is 9.90. The van der Waals surface area contributed by atoms with Gasteiger partial charge < -0.3 is 10.2 Å².